The first-order valence-electron chi connectivity index (χ1n) is 6.83. The molecule has 1 aromatic carbocycles. The molecule has 3 heteroatoms. The third-order valence-corrected chi connectivity index (χ3v) is 3.89. The second kappa shape index (κ2) is 6.76. The fourth-order valence-corrected chi connectivity index (χ4v) is 2.84. The summed E-state index contributed by atoms with van der Waals surface area (Å²) >= 11 is 0. The first kappa shape index (κ1) is 13.4. The van der Waals surface area contributed by atoms with Gasteiger partial charge in [-0.3, -0.25) is 0 Å². The highest BCUT2D eigenvalue weighted by atomic mass is 16.5. The van der Waals surface area contributed by atoms with E-state index in [0.717, 1.165) is 12.3 Å². The van der Waals surface area contributed by atoms with E-state index in [1.54, 1.807) is 7.11 Å². The van der Waals surface area contributed by atoms with Gasteiger partial charge in [-0.05, 0) is 25.0 Å². The number of quaternary nitrogens is 1. The summed E-state index contributed by atoms with van der Waals surface area (Å²) in [6.45, 7) is 0.967. The van der Waals surface area contributed by atoms with E-state index >= 15 is 0 Å². The lowest BCUT2D eigenvalue weighted by molar-refractivity contribution is -0.713. The van der Waals surface area contributed by atoms with Crippen molar-refractivity contribution in [3.05, 3.63) is 29.8 Å². The zero-order chi connectivity index (χ0) is 12.8. The molecule has 1 saturated carbocycles. The zero-order valence-corrected chi connectivity index (χ0v) is 11.4. The molecule has 3 nitrogen and oxygen atoms in total. The first-order valence-corrected chi connectivity index (χ1v) is 6.83. The van der Waals surface area contributed by atoms with Crippen LogP contribution in [0.25, 0.3) is 0 Å². The van der Waals surface area contributed by atoms with Gasteiger partial charge in [-0.25, -0.2) is 0 Å². The van der Waals surface area contributed by atoms with Gasteiger partial charge in [-0.1, -0.05) is 18.6 Å². The second-order valence-electron chi connectivity index (χ2n) is 4.97. The minimum absolute atomic E-state index is 0.411. The van der Waals surface area contributed by atoms with Crippen molar-refractivity contribution >= 4 is 0 Å². The minimum atomic E-state index is 0.411. The predicted octanol–water partition coefficient (Wildman–Crippen LogP) is 1.72. The van der Waals surface area contributed by atoms with E-state index in [4.69, 9.17) is 9.47 Å². The van der Waals surface area contributed by atoms with Gasteiger partial charge in [0.15, 0.2) is 0 Å². The Bertz CT molecular complexity index is 367. The quantitative estimate of drug-likeness (QED) is 0.863. The molecule has 0 unspecified atom stereocenters. The first-order chi connectivity index (χ1) is 8.85. The van der Waals surface area contributed by atoms with E-state index < -0.39 is 0 Å². The SMILES string of the molecule is COc1ccccc1C[NH2+][C@@H]1CCCC[C@H]1OC. The number of para-hydroxylation sites is 1. The highest BCUT2D eigenvalue weighted by Crippen LogP contribution is 2.19. The largest absolute Gasteiger partial charge is 0.496 e. The molecule has 1 fully saturated rings. The molecule has 2 rings (SSSR count). The summed E-state index contributed by atoms with van der Waals surface area (Å²) < 4.78 is 11.0. The summed E-state index contributed by atoms with van der Waals surface area (Å²) in [5.41, 5.74) is 1.26. The molecule has 0 amide bonds. The molecule has 0 aliphatic heterocycles. The van der Waals surface area contributed by atoms with Crippen LogP contribution in [0.2, 0.25) is 0 Å². The Morgan fingerprint density at radius 1 is 1.17 bits per heavy atom. The Kier molecular flexibility index (Phi) is 5.02. The summed E-state index contributed by atoms with van der Waals surface area (Å²) in [6, 6.07) is 8.84. The fourth-order valence-electron chi connectivity index (χ4n) is 2.84. The summed E-state index contributed by atoms with van der Waals surface area (Å²) in [5, 5.41) is 2.41. The van der Waals surface area contributed by atoms with Crippen molar-refractivity contribution in [2.75, 3.05) is 14.2 Å². The van der Waals surface area contributed by atoms with Crippen LogP contribution in [-0.4, -0.2) is 26.4 Å². The number of rotatable bonds is 5. The monoisotopic (exact) mass is 250 g/mol. The van der Waals surface area contributed by atoms with Gasteiger partial charge in [0.25, 0.3) is 0 Å². The molecule has 0 saturated heterocycles. The van der Waals surface area contributed by atoms with Crippen molar-refractivity contribution in [3.8, 4) is 5.75 Å². The Balaban J connectivity index is 1.93. The average Bonchev–Trinajstić information content (AvgIpc) is 2.45. The van der Waals surface area contributed by atoms with Gasteiger partial charge < -0.3 is 14.8 Å². The van der Waals surface area contributed by atoms with Crippen LogP contribution in [-0.2, 0) is 11.3 Å². The molecule has 2 atom stereocenters. The van der Waals surface area contributed by atoms with Crippen LogP contribution in [0.5, 0.6) is 5.75 Å². The van der Waals surface area contributed by atoms with E-state index in [9.17, 15) is 0 Å². The lowest BCUT2D eigenvalue weighted by atomic mass is 9.92. The molecule has 1 aliphatic carbocycles. The van der Waals surface area contributed by atoms with Crippen molar-refractivity contribution in [2.45, 2.75) is 44.4 Å². The maximum absolute atomic E-state index is 5.59. The Morgan fingerprint density at radius 2 is 1.94 bits per heavy atom. The molecule has 18 heavy (non-hydrogen) atoms. The lowest BCUT2D eigenvalue weighted by Gasteiger charge is -2.28. The molecule has 1 aliphatic rings. The second-order valence-corrected chi connectivity index (χ2v) is 4.97. The van der Waals surface area contributed by atoms with Crippen molar-refractivity contribution < 1.29 is 14.8 Å². The summed E-state index contributed by atoms with van der Waals surface area (Å²) in [6.07, 6.45) is 5.50. The third kappa shape index (κ3) is 3.24. The normalized spacial score (nSPS) is 23.9. The summed E-state index contributed by atoms with van der Waals surface area (Å²) in [7, 11) is 3.57. The van der Waals surface area contributed by atoms with Gasteiger partial charge in [0.2, 0.25) is 0 Å². The standard InChI is InChI=1S/C15H23NO2/c1-17-14-9-5-3-7-12(14)11-16-13-8-4-6-10-15(13)18-2/h3,5,7,9,13,15-16H,4,6,8,10-11H2,1-2H3/p+1/t13-,15-/m1/s1. The van der Waals surface area contributed by atoms with Crippen molar-refractivity contribution in [1.82, 2.24) is 0 Å². The molecule has 0 heterocycles. The van der Waals surface area contributed by atoms with Gasteiger partial charge in [0.1, 0.15) is 24.4 Å². The van der Waals surface area contributed by atoms with Crippen LogP contribution in [0.1, 0.15) is 31.2 Å². The van der Waals surface area contributed by atoms with E-state index in [-0.39, 0.29) is 0 Å². The van der Waals surface area contributed by atoms with E-state index in [1.807, 2.05) is 19.2 Å². The number of methoxy groups -OCH3 is 2. The van der Waals surface area contributed by atoms with Crippen LogP contribution in [0, 0.1) is 0 Å². The highest BCUT2D eigenvalue weighted by Gasteiger charge is 2.27. The minimum Gasteiger partial charge on any atom is -0.496 e. The fraction of sp³-hybridized carbons (Fsp3) is 0.600. The molecule has 0 bridgehead atoms. The molecule has 2 N–H and O–H groups in total. The maximum atomic E-state index is 5.59. The molecule has 0 radical (unpaired) electrons. The van der Waals surface area contributed by atoms with Crippen molar-refractivity contribution in [2.24, 2.45) is 0 Å². The average molecular weight is 250 g/mol. The molecule has 0 aromatic heterocycles. The van der Waals surface area contributed by atoms with E-state index in [2.05, 4.69) is 17.4 Å². The molecule has 100 valence electrons. The van der Waals surface area contributed by atoms with Crippen molar-refractivity contribution in [3.63, 3.8) is 0 Å². The van der Waals surface area contributed by atoms with Crippen LogP contribution in [0.15, 0.2) is 24.3 Å². The van der Waals surface area contributed by atoms with Crippen molar-refractivity contribution in [1.29, 1.82) is 0 Å². The lowest BCUT2D eigenvalue weighted by Crippen LogP contribution is -2.91. The topological polar surface area (TPSA) is 35.1 Å². The summed E-state index contributed by atoms with van der Waals surface area (Å²) in [5.74, 6) is 0.985. The highest BCUT2D eigenvalue weighted by molar-refractivity contribution is 5.32. The van der Waals surface area contributed by atoms with Gasteiger partial charge in [0, 0.05) is 19.1 Å². The molecule has 0 spiro atoms. The van der Waals surface area contributed by atoms with Crippen LogP contribution < -0.4 is 10.1 Å². The van der Waals surface area contributed by atoms with Crippen LogP contribution >= 0.6 is 0 Å². The van der Waals surface area contributed by atoms with Gasteiger partial charge in [0.05, 0.1) is 7.11 Å². The third-order valence-electron chi connectivity index (χ3n) is 3.89. The number of hydrogen-bond donors (Lipinski definition) is 1. The number of ether oxygens (including phenoxy) is 2. The van der Waals surface area contributed by atoms with Gasteiger partial charge in [-0.15, -0.1) is 0 Å². The number of nitrogens with two attached hydrogens (primary N) is 1. The Morgan fingerprint density at radius 3 is 2.72 bits per heavy atom. The maximum Gasteiger partial charge on any atom is 0.127 e. The Labute approximate surface area is 109 Å². The van der Waals surface area contributed by atoms with E-state index in [1.165, 1.54) is 31.2 Å². The van der Waals surface area contributed by atoms with E-state index in [0.29, 0.717) is 12.1 Å². The zero-order valence-electron chi connectivity index (χ0n) is 11.4. The van der Waals surface area contributed by atoms with Crippen LogP contribution in [0.3, 0.4) is 0 Å². The van der Waals surface area contributed by atoms with Gasteiger partial charge >= 0.3 is 0 Å². The molecular formula is C15H24NO2+. The number of benzene rings is 1. The number of hydrogen-bond acceptors (Lipinski definition) is 2. The molecular weight excluding hydrogens is 226 g/mol. The smallest absolute Gasteiger partial charge is 0.127 e. The van der Waals surface area contributed by atoms with Crippen LogP contribution in [0.4, 0.5) is 0 Å². The summed E-state index contributed by atoms with van der Waals surface area (Å²) in [4.78, 5) is 0. The molecule has 1 aromatic rings. The van der Waals surface area contributed by atoms with Gasteiger partial charge in [-0.2, -0.15) is 0 Å². The Hall–Kier alpha value is -1.06. The predicted molar refractivity (Wildman–Crippen MR) is 71.7 cm³/mol.